The van der Waals surface area contributed by atoms with E-state index in [2.05, 4.69) is 22.0 Å². The number of benzene rings is 1. The fraction of sp³-hybridized carbons (Fsp3) is 0.636. The number of piperazine rings is 1. The van der Waals surface area contributed by atoms with Crippen molar-refractivity contribution in [2.75, 3.05) is 66.0 Å². The molecule has 1 unspecified atom stereocenters. The molecule has 2 aliphatic heterocycles. The van der Waals surface area contributed by atoms with Crippen LogP contribution in [0.5, 0.6) is 0 Å². The van der Waals surface area contributed by atoms with E-state index in [-0.39, 0.29) is 36.0 Å². The van der Waals surface area contributed by atoms with Crippen LogP contribution >= 0.6 is 35.6 Å². The molecule has 1 N–H and O–H groups in total. The monoisotopic (exact) mass is 563 g/mol. The SMILES string of the molecule is CCNC(=NCC(OC)c1cccc(Cl)c1)N1CCN(CC(=O)N2CCCC2)CC1.I. The summed E-state index contributed by atoms with van der Waals surface area (Å²) in [6.07, 6.45) is 2.14. The Labute approximate surface area is 208 Å². The molecule has 7 nitrogen and oxygen atoms in total. The van der Waals surface area contributed by atoms with Crippen molar-refractivity contribution >= 4 is 47.4 Å². The highest BCUT2D eigenvalue weighted by molar-refractivity contribution is 14.0. The number of rotatable bonds is 7. The smallest absolute Gasteiger partial charge is 0.236 e. The zero-order valence-corrected chi connectivity index (χ0v) is 21.6. The molecule has 0 aliphatic carbocycles. The molecule has 2 saturated heterocycles. The molecule has 1 atom stereocenters. The van der Waals surface area contributed by atoms with Gasteiger partial charge in [0, 0.05) is 57.9 Å². The van der Waals surface area contributed by atoms with E-state index in [0.717, 1.165) is 70.2 Å². The Bertz CT molecular complexity index is 722. The topological polar surface area (TPSA) is 60.4 Å². The third kappa shape index (κ3) is 7.76. The number of nitrogens with one attached hydrogen (secondary N) is 1. The lowest BCUT2D eigenvalue weighted by atomic mass is 10.1. The van der Waals surface area contributed by atoms with E-state index in [9.17, 15) is 4.79 Å². The van der Waals surface area contributed by atoms with E-state index in [4.69, 9.17) is 21.3 Å². The molecule has 0 aromatic heterocycles. The Morgan fingerprint density at radius 3 is 2.48 bits per heavy atom. The number of amides is 1. The highest BCUT2D eigenvalue weighted by Gasteiger charge is 2.24. The first-order valence-corrected chi connectivity index (χ1v) is 11.3. The molecule has 174 valence electrons. The maximum Gasteiger partial charge on any atom is 0.236 e. The molecular weight excluding hydrogens is 529 g/mol. The average molecular weight is 564 g/mol. The van der Waals surface area contributed by atoms with Gasteiger partial charge in [0.15, 0.2) is 5.96 Å². The van der Waals surface area contributed by atoms with Crippen molar-refractivity contribution in [3.8, 4) is 0 Å². The van der Waals surface area contributed by atoms with Gasteiger partial charge in [-0.1, -0.05) is 23.7 Å². The van der Waals surface area contributed by atoms with Crippen LogP contribution < -0.4 is 5.32 Å². The molecule has 0 saturated carbocycles. The van der Waals surface area contributed by atoms with Gasteiger partial charge in [0.25, 0.3) is 0 Å². The van der Waals surface area contributed by atoms with E-state index in [1.54, 1.807) is 7.11 Å². The van der Waals surface area contributed by atoms with Crippen LogP contribution in [0.25, 0.3) is 0 Å². The second kappa shape index (κ2) is 13.4. The lowest BCUT2D eigenvalue weighted by Crippen LogP contribution is -2.54. The van der Waals surface area contributed by atoms with Gasteiger partial charge in [-0.25, -0.2) is 0 Å². The molecule has 0 bridgehead atoms. The summed E-state index contributed by atoms with van der Waals surface area (Å²) in [5.41, 5.74) is 1.02. The Morgan fingerprint density at radius 2 is 1.87 bits per heavy atom. The molecule has 0 spiro atoms. The summed E-state index contributed by atoms with van der Waals surface area (Å²) in [5, 5.41) is 4.09. The number of methoxy groups -OCH3 is 1. The lowest BCUT2D eigenvalue weighted by Gasteiger charge is -2.36. The lowest BCUT2D eigenvalue weighted by molar-refractivity contribution is -0.131. The molecule has 2 fully saturated rings. The highest BCUT2D eigenvalue weighted by atomic mass is 127. The minimum atomic E-state index is -0.142. The normalized spacial score (nSPS) is 18.6. The van der Waals surface area contributed by atoms with Crippen molar-refractivity contribution in [2.45, 2.75) is 25.9 Å². The van der Waals surface area contributed by atoms with Crippen molar-refractivity contribution in [3.63, 3.8) is 0 Å². The summed E-state index contributed by atoms with van der Waals surface area (Å²) in [5.74, 6) is 1.16. The summed E-state index contributed by atoms with van der Waals surface area (Å²) < 4.78 is 5.65. The number of ether oxygens (including phenoxy) is 1. The first-order valence-electron chi connectivity index (χ1n) is 10.9. The number of carbonyl (C=O) groups excluding carboxylic acids is 1. The third-order valence-corrected chi connectivity index (χ3v) is 5.97. The zero-order valence-electron chi connectivity index (χ0n) is 18.6. The first-order chi connectivity index (χ1) is 14.6. The summed E-state index contributed by atoms with van der Waals surface area (Å²) in [6.45, 7) is 9.22. The van der Waals surface area contributed by atoms with Crippen LogP contribution in [-0.2, 0) is 9.53 Å². The molecule has 2 heterocycles. The molecule has 1 amide bonds. The van der Waals surface area contributed by atoms with Crippen molar-refractivity contribution in [1.82, 2.24) is 20.0 Å². The highest BCUT2D eigenvalue weighted by Crippen LogP contribution is 2.21. The van der Waals surface area contributed by atoms with Crippen LogP contribution in [0.15, 0.2) is 29.3 Å². The number of carbonyl (C=O) groups is 1. The molecule has 1 aromatic rings. The summed E-state index contributed by atoms with van der Waals surface area (Å²) >= 11 is 6.13. The number of likely N-dealkylation sites (tertiary alicyclic amines) is 1. The average Bonchev–Trinajstić information content (AvgIpc) is 3.29. The van der Waals surface area contributed by atoms with Crippen molar-refractivity contribution in [2.24, 2.45) is 4.99 Å². The number of halogens is 2. The molecule has 0 radical (unpaired) electrons. The van der Waals surface area contributed by atoms with Crippen LogP contribution in [0, 0.1) is 0 Å². The van der Waals surface area contributed by atoms with Crippen LogP contribution in [0.1, 0.15) is 31.4 Å². The Balaban J connectivity index is 0.00000341. The molecular formula is C22H35ClIN5O2. The van der Waals surface area contributed by atoms with E-state index in [1.807, 2.05) is 29.2 Å². The minimum Gasteiger partial charge on any atom is -0.375 e. The van der Waals surface area contributed by atoms with Crippen LogP contribution in [0.4, 0.5) is 0 Å². The largest absolute Gasteiger partial charge is 0.375 e. The maximum absolute atomic E-state index is 12.4. The van der Waals surface area contributed by atoms with Gasteiger partial charge in [0.1, 0.15) is 6.10 Å². The molecule has 3 rings (SSSR count). The maximum atomic E-state index is 12.4. The van der Waals surface area contributed by atoms with E-state index >= 15 is 0 Å². The summed E-state index contributed by atoms with van der Waals surface area (Å²) in [4.78, 5) is 23.8. The van der Waals surface area contributed by atoms with Gasteiger partial charge in [0.05, 0.1) is 13.1 Å². The van der Waals surface area contributed by atoms with Gasteiger partial charge < -0.3 is 19.9 Å². The van der Waals surface area contributed by atoms with Gasteiger partial charge in [-0.2, -0.15) is 0 Å². The second-order valence-electron chi connectivity index (χ2n) is 7.83. The van der Waals surface area contributed by atoms with Crippen molar-refractivity contribution in [3.05, 3.63) is 34.9 Å². The Kier molecular flexibility index (Phi) is 11.3. The number of nitrogens with zero attached hydrogens (tertiary/aromatic N) is 4. The zero-order chi connectivity index (χ0) is 21.3. The molecule has 31 heavy (non-hydrogen) atoms. The van der Waals surface area contributed by atoms with Crippen molar-refractivity contribution in [1.29, 1.82) is 0 Å². The Hall–Kier alpha value is -1.10. The van der Waals surface area contributed by atoms with Gasteiger partial charge >= 0.3 is 0 Å². The van der Waals surface area contributed by atoms with Gasteiger partial charge in [-0.15, -0.1) is 24.0 Å². The predicted octanol–water partition coefficient (Wildman–Crippen LogP) is 2.85. The van der Waals surface area contributed by atoms with Crippen molar-refractivity contribution < 1.29 is 9.53 Å². The van der Waals surface area contributed by atoms with Crippen LogP contribution in [0.3, 0.4) is 0 Å². The van der Waals surface area contributed by atoms with E-state index in [1.165, 1.54) is 0 Å². The predicted molar refractivity (Wildman–Crippen MR) is 136 cm³/mol. The van der Waals surface area contributed by atoms with Crippen LogP contribution in [0.2, 0.25) is 5.02 Å². The van der Waals surface area contributed by atoms with E-state index < -0.39 is 0 Å². The van der Waals surface area contributed by atoms with E-state index in [0.29, 0.717) is 18.1 Å². The number of guanidine groups is 1. The fourth-order valence-corrected chi connectivity index (χ4v) is 4.19. The number of aliphatic imine (C=N–C) groups is 1. The fourth-order valence-electron chi connectivity index (χ4n) is 3.99. The van der Waals surface area contributed by atoms with Gasteiger partial charge in [-0.3, -0.25) is 14.7 Å². The molecule has 2 aliphatic rings. The van der Waals surface area contributed by atoms with Gasteiger partial charge in [0.2, 0.25) is 5.91 Å². The standard InChI is InChI=1S/C22H34ClN5O2.HI/c1-3-24-22(25-16-20(30-2)18-7-6-8-19(23)15-18)28-13-11-26(12-14-28)17-21(29)27-9-4-5-10-27;/h6-8,15,20H,3-5,9-14,16-17H2,1-2H3,(H,24,25);1H. The minimum absolute atomic E-state index is 0. The Morgan fingerprint density at radius 1 is 1.16 bits per heavy atom. The summed E-state index contributed by atoms with van der Waals surface area (Å²) in [6, 6.07) is 7.73. The van der Waals surface area contributed by atoms with Crippen LogP contribution in [-0.4, -0.2) is 92.6 Å². The second-order valence-corrected chi connectivity index (χ2v) is 8.26. The first kappa shape index (κ1) is 26.2. The third-order valence-electron chi connectivity index (χ3n) is 5.74. The summed E-state index contributed by atoms with van der Waals surface area (Å²) in [7, 11) is 1.70. The number of hydrogen-bond acceptors (Lipinski definition) is 4. The number of hydrogen-bond donors (Lipinski definition) is 1. The quantitative estimate of drug-likeness (QED) is 0.314. The van der Waals surface area contributed by atoms with Gasteiger partial charge in [-0.05, 0) is 37.5 Å². The molecule has 1 aromatic carbocycles. The molecule has 9 heteroatoms.